The zero-order chi connectivity index (χ0) is 14.8. The van der Waals surface area contributed by atoms with Gasteiger partial charge >= 0.3 is 0 Å². The van der Waals surface area contributed by atoms with Crippen molar-refractivity contribution in [3.63, 3.8) is 0 Å². The highest BCUT2D eigenvalue weighted by Gasteiger charge is 2.46. The molecule has 0 amide bonds. The van der Waals surface area contributed by atoms with E-state index in [2.05, 4.69) is 11.4 Å². The molecule has 2 rings (SSSR count). The Bertz CT molecular complexity index is 520. The molecular formula is C16H21FN2O. The minimum Gasteiger partial charge on any atom is -0.490 e. The number of hydrogen-bond acceptors (Lipinski definition) is 3. The second kappa shape index (κ2) is 5.80. The van der Waals surface area contributed by atoms with Crippen LogP contribution in [0.2, 0.25) is 0 Å². The molecule has 3 nitrogen and oxygen atoms in total. The fourth-order valence-electron chi connectivity index (χ4n) is 2.45. The van der Waals surface area contributed by atoms with Crippen molar-refractivity contribution in [1.29, 1.82) is 5.26 Å². The molecule has 0 bridgehead atoms. The van der Waals surface area contributed by atoms with E-state index >= 15 is 0 Å². The molecule has 1 aliphatic rings. The van der Waals surface area contributed by atoms with Crippen molar-refractivity contribution in [3.05, 3.63) is 29.6 Å². The molecule has 1 aromatic rings. The predicted molar refractivity (Wildman–Crippen MR) is 76.0 cm³/mol. The number of halogens is 1. The Morgan fingerprint density at radius 3 is 2.75 bits per heavy atom. The summed E-state index contributed by atoms with van der Waals surface area (Å²) in [6.45, 7) is 6.15. The summed E-state index contributed by atoms with van der Waals surface area (Å²) in [5.41, 5.74) is 0.200. The molecule has 1 aliphatic carbocycles. The SMILES string of the molecule is Cc1ccc(F)cc1OCC(C#N)(NC(C)C)C1CC1. The highest BCUT2D eigenvalue weighted by atomic mass is 19.1. The monoisotopic (exact) mass is 276 g/mol. The molecule has 1 unspecified atom stereocenters. The smallest absolute Gasteiger partial charge is 0.144 e. The number of nitriles is 1. The van der Waals surface area contributed by atoms with Crippen LogP contribution < -0.4 is 10.1 Å². The van der Waals surface area contributed by atoms with Gasteiger partial charge in [0.05, 0.1) is 6.07 Å². The second-order valence-electron chi connectivity index (χ2n) is 5.85. The van der Waals surface area contributed by atoms with Crippen LogP contribution in [0.3, 0.4) is 0 Å². The van der Waals surface area contributed by atoms with Gasteiger partial charge in [0.2, 0.25) is 0 Å². The normalized spacial score (nSPS) is 17.6. The maximum Gasteiger partial charge on any atom is 0.144 e. The van der Waals surface area contributed by atoms with Gasteiger partial charge in [0.25, 0.3) is 0 Å². The molecule has 4 heteroatoms. The summed E-state index contributed by atoms with van der Waals surface area (Å²) in [5, 5.41) is 12.9. The van der Waals surface area contributed by atoms with Crippen molar-refractivity contribution < 1.29 is 9.13 Å². The zero-order valence-electron chi connectivity index (χ0n) is 12.2. The molecule has 1 fully saturated rings. The van der Waals surface area contributed by atoms with Crippen LogP contribution >= 0.6 is 0 Å². The maximum absolute atomic E-state index is 13.3. The quantitative estimate of drug-likeness (QED) is 0.868. The Morgan fingerprint density at radius 2 is 2.20 bits per heavy atom. The molecule has 0 aromatic heterocycles. The molecule has 0 radical (unpaired) electrons. The summed E-state index contributed by atoms with van der Waals surface area (Å²) >= 11 is 0. The van der Waals surface area contributed by atoms with E-state index in [1.165, 1.54) is 12.1 Å². The van der Waals surface area contributed by atoms with Crippen LogP contribution in [0.1, 0.15) is 32.3 Å². The van der Waals surface area contributed by atoms with Gasteiger partial charge in [-0.2, -0.15) is 5.26 Å². The topological polar surface area (TPSA) is 45.0 Å². The molecular weight excluding hydrogens is 255 g/mol. The number of aryl methyl sites for hydroxylation is 1. The van der Waals surface area contributed by atoms with Crippen molar-refractivity contribution >= 4 is 0 Å². The summed E-state index contributed by atoms with van der Waals surface area (Å²) in [7, 11) is 0. The molecule has 0 heterocycles. The first kappa shape index (κ1) is 14.8. The van der Waals surface area contributed by atoms with Gasteiger partial charge in [-0.3, -0.25) is 5.32 Å². The Kier molecular flexibility index (Phi) is 4.29. The van der Waals surface area contributed by atoms with Gasteiger partial charge in [-0.25, -0.2) is 4.39 Å². The first-order valence-corrected chi connectivity index (χ1v) is 7.05. The van der Waals surface area contributed by atoms with Gasteiger partial charge in [-0.1, -0.05) is 6.07 Å². The number of ether oxygens (including phenoxy) is 1. The van der Waals surface area contributed by atoms with Crippen LogP contribution in [0.4, 0.5) is 4.39 Å². The van der Waals surface area contributed by atoms with Crippen LogP contribution in [0.5, 0.6) is 5.75 Å². The highest BCUT2D eigenvalue weighted by Crippen LogP contribution is 2.40. The number of rotatable bonds is 6. The van der Waals surface area contributed by atoms with E-state index in [0.29, 0.717) is 11.7 Å². The first-order chi connectivity index (χ1) is 9.47. The third-order valence-corrected chi connectivity index (χ3v) is 3.63. The van der Waals surface area contributed by atoms with Crippen LogP contribution in [0.15, 0.2) is 18.2 Å². The molecule has 0 saturated heterocycles. The Balaban J connectivity index is 2.13. The first-order valence-electron chi connectivity index (χ1n) is 7.05. The lowest BCUT2D eigenvalue weighted by Gasteiger charge is -2.30. The maximum atomic E-state index is 13.3. The number of hydrogen-bond donors (Lipinski definition) is 1. The second-order valence-corrected chi connectivity index (χ2v) is 5.85. The largest absolute Gasteiger partial charge is 0.490 e. The Hall–Kier alpha value is -1.60. The van der Waals surface area contributed by atoms with Crippen molar-refractivity contribution in [2.45, 2.75) is 45.2 Å². The molecule has 108 valence electrons. The van der Waals surface area contributed by atoms with E-state index in [1.807, 2.05) is 20.8 Å². The van der Waals surface area contributed by atoms with Crippen molar-refractivity contribution in [3.8, 4) is 11.8 Å². The Morgan fingerprint density at radius 1 is 1.50 bits per heavy atom. The number of benzene rings is 1. The van der Waals surface area contributed by atoms with E-state index in [1.54, 1.807) is 6.07 Å². The summed E-state index contributed by atoms with van der Waals surface area (Å²) in [4.78, 5) is 0. The summed E-state index contributed by atoms with van der Waals surface area (Å²) in [6.07, 6.45) is 2.08. The van der Waals surface area contributed by atoms with Crippen LogP contribution in [0, 0.1) is 30.0 Å². The minimum atomic E-state index is -0.674. The highest BCUT2D eigenvalue weighted by molar-refractivity contribution is 5.33. The van der Waals surface area contributed by atoms with Gasteiger partial charge in [0.1, 0.15) is 23.7 Å². The van der Waals surface area contributed by atoms with Gasteiger partial charge in [0.15, 0.2) is 0 Å². The minimum absolute atomic E-state index is 0.201. The van der Waals surface area contributed by atoms with Gasteiger partial charge in [-0.05, 0) is 51.2 Å². The van der Waals surface area contributed by atoms with Gasteiger partial charge in [-0.15, -0.1) is 0 Å². The van der Waals surface area contributed by atoms with Crippen molar-refractivity contribution in [2.75, 3.05) is 6.61 Å². The van der Waals surface area contributed by atoms with Gasteiger partial charge < -0.3 is 4.74 Å². The lowest BCUT2D eigenvalue weighted by Crippen LogP contribution is -2.53. The molecule has 1 aromatic carbocycles. The van der Waals surface area contributed by atoms with Crippen LogP contribution in [0.25, 0.3) is 0 Å². The molecule has 1 saturated carbocycles. The third kappa shape index (κ3) is 3.29. The average molecular weight is 276 g/mol. The summed E-state index contributed by atoms with van der Waals surface area (Å²) < 4.78 is 19.0. The van der Waals surface area contributed by atoms with Gasteiger partial charge in [0, 0.05) is 12.1 Å². The summed E-state index contributed by atoms with van der Waals surface area (Å²) in [6, 6.07) is 7.06. The standard InChI is InChI=1S/C16H21FN2O/c1-11(2)19-16(9-18,13-5-6-13)10-20-15-8-14(17)7-4-12(15)3/h4,7-8,11,13,19H,5-6,10H2,1-3H3. The number of nitrogens with zero attached hydrogens (tertiary/aromatic N) is 1. The zero-order valence-corrected chi connectivity index (χ0v) is 12.2. The fourth-order valence-corrected chi connectivity index (χ4v) is 2.45. The third-order valence-electron chi connectivity index (χ3n) is 3.63. The van der Waals surface area contributed by atoms with Crippen molar-refractivity contribution in [2.24, 2.45) is 5.92 Å². The molecule has 0 aliphatic heterocycles. The fraction of sp³-hybridized carbons (Fsp3) is 0.562. The van der Waals surface area contributed by atoms with Crippen molar-refractivity contribution in [1.82, 2.24) is 5.32 Å². The Labute approximate surface area is 119 Å². The number of nitrogens with one attached hydrogen (secondary N) is 1. The summed E-state index contributed by atoms with van der Waals surface area (Å²) in [5.74, 6) is 0.510. The molecule has 1 N–H and O–H groups in total. The molecule has 20 heavy (non-hydrogen) atoms. The lowest BCUT2D eigenvalue weighted by atomic mass is 9.95. The van der Waals surface area contributed by atoms with Crippen LogP contribution in [-0.4, -0.2) is 18.2 Å². The van der Waals surface area contributed by atoms with E-state index in [-0.39, 0.29) is 18.5 Å². The van der Waals surface area contributed by atoms with E-state index in [4.69, 9.17) is 4.74 Å². The lowest BCUT2D eigenvalue weighted by molar-refractivity contribution is 0.191. The van der Waals surface area contributed by atoms with Crippen LogP contribution in [-0.2, 0) is 0 Å². The van der Waals surface area contributed by atoms with E-state index in [0.717, 1.165) is 18.4 Å². The van der Waals surface area contributed by atoms with E-state index in [9.17, 15) is 9.65 Å². The average Bonchev–Trinajstić information content (AvgIpc) is 3.22. The molecule has 1 atom stereocenters. The molecule has 0 spiro atoms. The predicted octanol–water partition coefficient (Wildman–Crippen LogP) is 3.18. The van der Waals surface area contributed by atoms with E-state index < -0.39 is 5.54 Å².